The van der Waals surface area contributed by atoms with E-state index in [-0.39, 0.29) is 24.8 Å². The van der Waals surface area contributed by atoms with Crippen molar-refractivity contribution in [3.8, 4) is 0 Å². The lowest BCUT2D eigenvalue weighted by Gasteiger charge is -2.60. The third-order valence-corrected chi connectivity index (χ3v) is 11.6. The first-order chi connectivity index (χ1) is 23.8. The lowest BCUT2D eigenvalue weighted by Crippen LogP contribution is -2.66. The van der Waals surface area contributed by atoms with Gasteiger partial charge in [-0.2, -0.15) is 0 Å². The molecule has 12 nitrogen and oxygen atoms in total. The summed E-state index contributed by atoms with van der Waals surface area (Å²) in [6, 6.07) is 9.32. The van der Waals surface area contributed by atoms with E-state index in [1.165, 1.54) is 27.7 Å². The van der Waals surface area contributed by atoms with Gasteiger partial charge in [0.1, 0.15) is 18.3 Å². The van der Waals surface area contributed by atoms with Gasteiger partial charge in [0.05, 0.1) is 6.42 Å². The highest BCUT2D eigenvalue weighted by Crippen LogP contribution is 2.61. The summed E-state index contributed by atoms with van der Waals surface area (Å²) in [5.41, 5.74) is 0.386. The van der Waals surface area contributed by atoms with E-state index in [1.54, 1.807) is 0 Å². The van der Waals surface area contributed by atoms with Gasteiger partial charge in [0.15, 0.2) is 12.2 Å². The van der Waals surface area contributed by atoms with Crippen molar-refractivity contribution in [3.63, 3.8) is 0 Å². The third-order valence-electron chi connectivity index (χ3n) is 11.6. The van der Waals surface area contributed by atoms with Crippen LogP contribution in [0.5, 0.6) is 0 Å². The quantitative estimate of drug-likeness (QED) is 0.203. The molecule has 3 aliphatic carbocycles. The monoisotopic (exact) mass is 713 g/mol. The smallest absolute Gasteiger partial charge is 0.308 e. The van der Waals surface area contributed by atoms with Crippen molar-refractivity contribution >= 4 is 29.8 Å². The summed E-state index contributed by atoms with van der Waals surface area (Å²) >= 11 is 0. The maximum atomic E-state index is 13.8. The van der Waals surface area contributed by atoms with Gasteiger partial charge in [0, 0.05) is 58.1 Å². The molecule has 1 aromatic rings. The SMILES string of the molecule is CC(=O)O[C@H]1C[C@H]2C[C@@H]3[C@@H](CO)[C@@H](OC(=O)CC(c4ccccc4)N(C)C)C[C@H](OC(C)=O)[C@@]3(C)[C@@H](OC(C)=O)[C@H](OC(C)=O)C(=C1C)C2(C)C. The van der Waals surface area contributed by atoms with Crippen LogP contribution in [-0.4, -0.2) is 91.1 Å². The maximum Gasteiger partial charge on any atom is 0.308 e. The number of rotatable bonds is 10. The molecule has 2 fully saturated rings. The molecule has 0 amide bonds. The number of nitrogens with zero attached hydrogens (tertiary/aromatic N) is 1. The molecule has 51 heavy (non-hydrogen) atoms. The predicted molar refractivity (Wildman–Crippen MR) is 186 cm³/mol. The summed E-state index contributed by atoms with van der Waals surface area (Å²) in [6.45, 7) is 12.4. The minimum atomic E-state index is -1.24. The van der Waals surface area contributed by atoms with Gasteiger partial charge >= 0.3 is 29.8 Å². The second-order valence-corrected chi connectivity index (χ2v) is 15.4. The lowest BCUT2D eigenvalue weighted by molar-refractivity contribution is -0.236. The van der Waals surface area contributed by atoms with Crippen molar-refractivity contribution in [3.05, 3.63) is 47.0 Å². The van der Waals surface area contributed by atoms with Crippen LogP contribution in [-0.2, 0) is 47.7 Å². The number of esters is 5. The van der Waals surface area contributed by atoms with Crippen LogP contribution in [0, 0.1) is 28.6 Å². The molecule has 0 aliphatic heterocycles. The second-order valence-electron chi connectivity index (χ2n) is 15.4. The Morgan fingerprint density at radius 3 is 1.94 bits per heavy atom. The van der Waals surface area contributed by atoms with Crippen LogP contribution in [0.15, 0.2) is 41.5 Å². The molecule has 0 heterocycles. The number of aliphatic hydroxyl groups excluding tert-OH is 1. The van der Waals surface area contributed by atoms with E-state index in [4.69, 9.17) is 23.7 Å². The summed E-state index contributed by atoms with van der Waals surface area (Å²) < 4.78 is 30.4. The van der Waals surface area contributed by atoms with Crippen molar-refractivity contribution in [2.24, 2.45) is 28.6 Å². The third kappa shape index (κ3) is 8.32. The fourth-order valence-electron chi connectivity index (χ4n) is 9.23. The molecule has 2 bridgehead atoms. The van der Waals surface area contributed by atoms with Crippen LogP contribution in [0.25, 0.3) is 0 Å². The summed E-state index contributed by atoms with van der Waals surface area (Å²) in [6.07, 6.45) is -3.99. The fraction of sp³-hybridized carbons (Fsp3) is 0.667. The summed E-state index contributed by atoms with van der Waals surface area (Å²) in [5, 5.41) is 11.2. The van der Waals surface area contributed by atoms with E-state index in [0.717, 1.165) is 5.56 Å². The van der Waals surface area contributed by atoms with Gasteiger partial charge in [0.25, 0.3) is 0 Å². The van der Waals surface area contributed by atoms with Crippen LogP contribution < -0.4 is 0 Å². The predicted octanol–water partition coefficient (Wildman–Crippen LogP) is 4.72. The second kappa shape index (κ2) is 15.9. The molecular weight excluding hydrogens is 658 g/mol. The largest absolute Gasteiger partial charge is 0.462 e. The summed E-state index contributed by atoms with van der Waals surface area (Å²) in [4.78, 5) is 66.7. The van der Waals surface area contributed by atoms with Gasteiger partial charge in [-0.05, 0) is 67.8 Å². The lowest BCUT2D eigenvalue weighted by atomic mass is 9.48. The van der Waals surface area contributed by atoms with Crippen molar-refractivity contribution in [2.45, 2.75) is 118 Å². The Balaban J connectivity index is 1.89. The highest BCUT2D eigenvalue weighted by atomic mass is 16.6. The number of carbonyl (C=O) groups excluding carboxylic acids is 5. The van der Waals surface area contributed by atoms with Gasteiger partial charge in [-0.25, -0.2) is 0 Å². The zero-order valence-electron chi connectivity index (χ0n) is 31.6. The van der Waals surface area contributed by atoms with Crippen LogP contribution in [0.1, 0.15) is 92.7 Å². The average Bonchev–Trinajstić information content (AvgIpc) is 3.02. The standard InChI is InChI=1S/C39H55NO11/c1-21-31(47-22(2)42)17-27-16-29-28(20-41)32(51-34(46)18-30(40(9)10)26-14-12-11-13-15-26)19-33(48-23(3)43)39(29,8)37(50-25(5)45)36(49-24(4)44)35(21)38(27,6)7/h11-15,27-33,36-37,41H,16-20H2,1-10H3/t27-,28-,29-,30?,31+,32+,33+,36-,37+,39+/m1/s1. The Labute approximate surface area is 301 Å². The Morgan fingerprint density at radius 1 is 0.824 bits per heavy atom. The van der Waals surface area contributed by atoms with E-state index in [1.807, 2.05) is 77.0 Å². The number of hydrogen-bond acceptors (Lipinski definition) is 12. The molecule has 1 aromatic carbocycles. The van der Waals surface area contributed by atoms with Gasteiger partial charge in [-0.1, -0.05) is 51.1 Å². The highest BCUT2D eigenvalue weighted by Gasteiger charge is 2.65. The average molecular weight is 714 g/mol. The minimum absolute atomic E-state index is 0.00817. The van der Waals surface area contributed by atoms with Gasteiger partial charge in [-0.3, -0.25) is 24.0 Å². The molecule has 2 saturated carbocycles. The number of benzene rings is 1. The highest BCUT2D eigenvalue weighted by molar-refractivity contribution is 5.71. The first-order valence-electron chi connectivity index (χ1n) is 17.7. The van der Waals surface area contributed by atoms with Crippen molar-refractivity contribution in [1.82, 2.24) is 4.90 Å². The molecule has 1 N–H and O–H groups in total. The first kappa shape index (κ1) is 40.0. The van der Waals surface area contributed by atoms with Gasteiger partial charge < -0.3 is 33.7 Å². The normalized spacial score (nSPS) is 32.0. The van der Waals surface area contributed by atoms with E-state index in [9.17, 15) is 29.1 Å². The molecule has 1 unspecified atom stereocenters. The topological polar surface area (TPSA) is 155 Å². The zero-order chi connectivity index (χ0) is 38.0. The molecule has 12 heteroatoms. The minimum Gasteiger partial charge on any atom is -0.462 e. The van der Waals surface area contributed by atoms with Gasteiger partial charge in [-0.15, -0.1) is 0 Å². The Morgan fingerprint density at radius 2 is 1.41 bits per heavy atom. The first-order valence-corrected chi connectivity index (χ1v) is 17.7. The zero-order valence-corrected chi connectivity index (χ0v) is 31.6. The molecule has 0 aromatic heterocycles. The van der Waals surface area contributed by atoms with Crippen molar-refractivity contribution in [2.75, 3.05) is 20.7 Å². The van der Waals surface area contributed by atoms with Gasteiger partial charge in [0.2, 0.25) is 0 Å². The molecule has 4 rings (SSSR count). The Bertz CT molecular complexity index is 1500. The molecule has 0 spiro atoms. The van der Waals surface area contributed by atoms with Crippen LogP contribution in [0.2, 0.25) is 0 Å². The molecule has 0 saturated heterocycles. The molecule has 3 aliphatic rings. The van der Waals surface area contributed by atoms with Crippen LogP contribution in [0.4, 0.5) is 0 Å². The van der Waals surface area contributed by atoms with Crippen LogP contribution in [0.3, 0.4) is 0 Å². The van der Waals surface area contributed by atoms with Crippen molar-refractivity contribution in [1.29, 1.82) is 0 Å². The number of aliphatic hydroxyl groups is 1. The summed E-state index contributed by atoms with van der Waals surface area (Å²) in [5.74, 6) is -4.32. The number of carbonyl (C=O) groups is 5. The molecule has 10 atom stereocenters. The van der Waals surface area contributed by atoms with E-state index >= 15 is 0 Å². The van der Waals surface area contributed by atoms with Crippen LogP contribution >= 0.6 is 0 Å². The summed E-state index contributed by atoms with van der Waals surface area (Å²) in [7, 11) is 3.76. The number of ether oxygens (including phenoxy) is 5. The number of hydrogen-bond donors (Lipinski definition) is 1. The molecule has 282 valence electrons. The van der Waals surface area contributed by atoms with Crippen molar-refractivity contribution < 1.29 is 52.8 Å². The molecule has 0 radical (unpaired) electrons. The maximum absolute atomic E-state index is 13.8. The Kier molecular flexibility index (Phi) is 12.4. The molecular formula is C39H55NO11. The Hall–Kier alpha value is -3.77. The number of fused-ring (bicyclic) bond motifs is 3. The van der Waals surface area contributed by atoms with E-state index < -0.39 is 89.6 Å². The van der Waals surface area contributed by atoms with E-state index in [0.29, 0.717) is 24.0 Å². The fourth-order valence-corrected chi connectivity index (χ4v) is 9.23. The van der Waals surface area contributed by atoms with E-state index in [2.05, 4.69) is 0 Å².